The van der Waals surface area contributed by atoms with Gasteiger partial charge in [-0.15, -0.1) is 0 Å². The van der Waals surface area contributed by atoms with Gasteiger partial charge in [0.15, 0.2) is 0 Å². The summed E-state index contributed by atoms with van der Waals surface area (Å²) in [5.41, 5.74) is 6.68. The highest BCUT2D eigenvalue weighted by Crippen LogP contribution is 2.19. The Morgan fingerprint density at radius 3 is 1.98 bits per heavy atom. The van der Waals surface area contributed by atoms with Gasteiger partial charge < -0.3 is 57.5 Å². The third kappa shape index (κ3) is 14.2. The number of aliphatic carboxylic acids is 2. The van der Waals surface area contributed by atoms with Crippen molar-refractivity contribution in [3.05, 3.63) is 54.1 Å². The van der Waals surface area contributed by atoms with Crippen molar-refractivity contribution in [3.63, 3.8) is 0 Å². The van der Waals surface area contributed by atoms with Crippen molar-refractivity contribution in [2.75, 3.05) is 18.9 Å². The van der Waals surface area contributed by atoms with E-state index in [1.165, 1.54) is 12.5 Å². The number of carbonyl (C=O) groups is 8. The summed E-state index contributed by atoms with van der Waals surface area (Å²) < 4.78 is 0. The van der Waals surface area contributed by atoms with Crippen LogP contribution in [0.3, 0.4) is 0 Å². The van der Waals surface area contributed by atoms with Crippen molar-refractivity contribution in [2.24, 2.45) is 11.7 Å². The van der Waals surface area contributed by atoms with Crippen LogP contribution in [0.15, 0.2) is 42.9 Å². The lowest BCUT2D eigenvalue weighted by atomic mass is 10.00. The van der Waals surface area contributed by atoms with Crippen molar-refractivity contribution >= 4 is 60.0 Å². The molecule has 0 radical (unpaired) electrons. The summed E-state index contributed by atoms with van der Waals surface area (Å²) >= 11 is 3.99. The number of likely N-dealkylation sites (tertiary alicyclic amines) is 1. The number of aromatic amines is 1. The molecule has 0 spiro atoms. The van der Waals surface area contributed by atoms with E-state index in [2.05, 4.69) is 49.2 Å². The maximum absolute atomic E-state index is 14.0. The average molecular weight is 818 g/mol. The molecule has 1 fully saturated rings. The molecule has 2 aromatic rings. The van der Waals surface area contributed by atoms with Gasteiger partial charge in [-0.3, -0.25) is 33.6 Å². The number of rotatable bonds is 22. The molecule has 1 aliphatic rings. The zero-order valence-electron chi connectivity index (χ0n) is 31.6. The van der Waals surface area contributed by atoms with Crippen LogP contribution in [0.25, 0.3) is 0 Å². The number of hydrogen-bond acceptors (Lipinski definition) is 12. The minimum absolute atomic E-state index is 0.0319. The Kier molecular flexibility index (Phi) is 17.9. The molecule has 0 saturated carbocycles. The van der Waals surface area contributed by atoms with Crippen molar-refractivity contribution in [1.29, 1.82) is 0 Å². The highest BCUT2D eigenvalue weighted by Gasteiger charge is 2.39. The summed E-state index contributed by atoms with van der Waals surface area (Å²) in [6.07, 6.45) is 2.21. The molecule has 3 rings (SSSR count). The van der Waals surface area contributed by atoms with Crippen LogP contribution >= 0.6 is 12.6 Å². The van der Waals surface area contributed by atoms with Crippen LogP contribution in [0, 0.1) is 5.92 Å². The number of carboxylic acid groups (broad SMARTS) is 2. The SMILES string of the molecule is CC(C)C[C@H](NC(=O)[C@H](Cc1cnc[nH]1)NC(=O)[C@H](CC(=O)O)NC(=O)[C@@H]1CCCN1C(=O)[C@@H](N)CO)C(=O)N[C@@H](Cc1ccccc1)C(=O)N[C@@H](CS)C(=O)O. The third-order valence-corrected chi connectivity index (χ3v) is 9.39. The maximum atomic E-state index is 14.0. The van der Waals surface area contributed by atoms with E-state index in [1.54, 1.807) is 44.2 Å². The summed E-state index contributed by atoms with van der Waals surface area (Å²) in [5, 5.41) is 40.9. The molecule has 1 aromatic heterocycles. The van der Waals surface area contributed by atoms with Gasteiger partial charge in [-0.2, -0.15) is 12.6 Å². The molecule has 6 amide bonds. The molecule has 7 atom stereocenters. The van der Waals surface area contributed by atoms with Crippen molar-refractivity contribution in [2.45, 2.75) is 94.7 Å². The van der Waals surface area contributed by atoms with Gasteiger partial charge >= 0.3 is 11.9 Å². The number of aromatic nitrogens is 2. The number of carbonyl (C=O) groups excluding carboxylic acids is 6. The van der Waals surface area contributed by atoms with E-state index in [9.17, 15) is 53.7 Å². The first kappa shape index (κ1) is 45.8. The number of nitrogens with two attached hydrogens (primary N) is 1. The predicted molar refractivity (Wildman–Crippen MR) is 205 cm³/mol. The number of imidazole rings is 1. The fourth-order valence-corrected chi connectivity index (χ4v) is 6.36. The lowest BCUT2D eigenvalue weighted by Gasteiger charge is -2.29. The molecular formula is C36H51N9O11S. The van der Waals surface area contributed by atoms with E-state index in [0.717, 1.165) is 4.90 Å². The first-order valence-corrected chi connectivity index (χ1v) is 18.9. The van der Waals surface area contributed by atoms with Crippen LogP contribution in [-0.4, -0.2) is 139 Å². The van der Waals surface area contributed by atoms with Gasteiger partial charge in [-0.1, -0.05) is 44.2 Å². The molecule has 312 valence electrons. The predicted octanol–water partition coefficient (Wildman–Crippen LogP) is -2.54. The lowest BCUT2D eigenvalue weighted by molar-refractivity contribution is -0.143. The summed E-state index contributed by atoms with van der Waals surface area (Å²) in [6, 6.07) is -0.838. The first-order chi connectivity index (χ1) is 27.0. The average Bonchev–Trinajstić information content (AvgIpc) is 3.88. The smallest absolute Gasteiger partial charge is 0.327 e. The number of nitrogens with one attached hydrogen (secondary N) is 6. The summed E-state index contributed by atoms with van der Waals surface area (Å²) in [7, 11) is 0. The minimum Gasteiger partial charge on any atom is -0.481 e. The molecule has 0 unspecified atom stereocenters. The Hall–Kier alpha value is -5.54. The Balaban J connectivity index is 1.86. The van der Waals surface area contributed by atoms with Gasteiger partial charge in [0.2, 0.25) is 35.4 Å². The van der Waals surface area contributed by atoms with Crippen LogP contribution < -0.4 is 32.3 Å². The second-order valence-corrected chi connectivity index (χ2v) is 14.4. The molecular weight excluding hydrogens is 767 g/mol. The van der Waals surface area contributed by atoms with Gasteiger partial charge in [0.25, 0.3) is 0 Å². The number of H-pyrrole nitrogens is 1. The largest absolute Gasteiger partial charge is 0.481 e. The van der Waals surface area contributed by atoms with Gasteiger partial charge in [-0.05, 0) is 30.7 Å². The molecule has 11 N–H and O–H groups in total. The third-order valence-electron chi connectivity index (χ3n) is 9.03. The molecule has 1 aliphatic heterocycles. The van der Waals surface area contributed by atoms with Crippen LogP contribution in [0.2, 0.25) is 0 Å². The number of nitrogens with zero attached hydrogens (tertiary/aromatic N) is 2. The Bertz CT molecular complexity index is 1710. The van der Waals surface area contributed by atoms with E-state index in [0.29, 0.717) is 17.7 Å². The number of benzene rings is 1. The standard InChI is InChI=1S/C36H51N9O11S/c1-19(2)11-23(30(49)41-24(12-20-7-4-3-5-8-20)31(50)44-27(17-57)36(55)56)40-32(51)25(13-21-15-38-18-39-21)42-33(52)26(14-29(47)48)43-34(53)28-9-6-10-45(28)35(54)22(37)16-46/h3-5,7-8,15,18-19,22-28,46,57H,6,9-14,16-17,37H2,1-2H3,(H,38,39)(H,40,51)(H,41,49)(H,42,52)(H,43,53)(H,44,50)(H,47,48)(H,55,56)/t22-,23-,24-,25-,26-,27-,28-/m0/s1. The summed E-state index contributed by atoms with van der Waals surface area (Å²) in [5.74, 6) is -8.27. The highest BCUT2D eigenvalue weighted by atomic mass is 32.1. The molecule has 1 saturated heterocycles. The number of aliphatic hydroxyl groups is 1. The fraction of sp³-hybridized carbons (Fsp3) is 0.528. The number of amides is 6. The topological polar surface area (TPSA) is 315 Å². The second-order valence-electron chi connectivity index (χ2n) is 14.0. The van der Waals surface area contributed by atoms with E-state index >= 15 is 0 Å². The van der Waals surface area contributed by atoms with E-state index in [-0.39, 0.29) is 43.9 Å². The Labute approximate surface area is 333 Å². The molecule has 20 nitrogen and oxygen atoms in total. The van der Waals surface area contributed by atoms with Crippen molar-refractivity contribution < 1.29 is 53.7 Å². The molecule has 21 heteroatoms. The van der Waals surface area contributed by atoms with Crippen molar-refractivity contribution in [3.8, 4) is 0 Å². The van der Waals surface area contributed by atoms with Crippen LogP contribution in [-0.2, 0) is 51.2 Å². The molecule has 0 bridgehead atoms. The molecule has 0 aliphatic carbocycles. The van der Waals surface area contributed by atoms with Crippen LogP contribution in [0.1, 0.15) is 50.8 Å². The zero-order valence-corrected chi connectivity index (χ0v) is 32.4. The van der Waals surface area contributed by atoms with Gasteiger partial charge in [-0.25, -0.2) is 9.78 Å². The fourth-order valence-electron chi connectivity index (χ4n) is 6.11. The Morgan fingerprint density at radius 2 is 1.44 bits per heavy atom. The minimum atomic E-state index is -1.71. The monoisotopic (exact) mass is 817 g/mol. The summed E-state index contributed by atoms with van der Waals surface area (Å²) in [4.78, 5) is 112. The zero-order chi connectivity index (χ0) is 42.2. The molecule has 2 heterocycles. The highest BCUT2D eigenvalue weighted by molar-refractivity contribution is 7.80. The summed E-state index contributed by atoms with van der Waals surface area (Å²) in [6.45, 7) is 3.04. The molecule has 57 heavy (non-hydrogen) atoms. The van der Waals surface area contributed by atoms with Crippen LogP contribution in [0.4, 0.5) is 0 Å². The van der Waals surface area contributed by atoms with E-state index in [1.807, 2.05) is 0 Å². The van der Waals surface area contributed by atoms with Gasteiger partial charge in [0.1, 0.15) is 42.3 Å². The van der Waals surface area contributed by atoms with Crippen LogP contribution in [0.5, 0.6) is 0 Å². The normalized spacial score (nSPS) is 16.9. The van der Waals surface area contributed by atoms with Gasteiger partial charge in [0.05, 0.1) is 19.4 Å². The van der Waals surface area contributed by atoms with E-state index < -0.39 is 103 Å². The second kappa shape index (κ2) is 22.3. The quantitative estimate of drug-likeness (QED) is 0.0547. The van der Waals surface area contributed by atoms with Crippen molar-refractivity contribution in [1.82, 2.24) is 41.5 Å². The van der Waals surface area contributed by atoms with Gasteiger partial charge in [0, 0.05) is 37.0 Å². The molecule has 1 aromatic carbocycles. The number of aliphatic hydroxyl groups excluding tert-OH is 1. The maximum Gasteiger partial charge on any atom is 0.327 e. The number of hydrogen-bond donors (Lipinski definition) is 11. The lowest BCUT2D eigenvalue weighted by Crippen LogP contribution is -2.60. The number of carboxylic acids is 2. The number of thiol groups is 1. The van der Waals surface area contributed by atoms with E-state index in [4.69, 9.17) is 5.73 Å². The first-order valence-electron chi connectivity index (χ1n) is 18.3. The Morgan fingerprint density at radius 1 is 0.860 bits per heavy atom.